The molecule has 2 saturated heterocycles. The lowest BCUT2D eigenvalue weighted by Gasteiger charge is -2.40. The Morgan fingerprint density at radius 1 is 1.21 bits per heavy atom. The van der Waals surface area contributed by atoms with Gasteiger partial charge in [-0.25, -0.2) is 9.37 Å². The van der Waals surface area contributed by atoms with Crippen LogP contribution in [-0.4, -0.2) is 90.8 Å². The van der Waals surface area contributed by atoms with E-state index >= 15 is 4.39 Å². The standard InChI is InChI=1S/C23H26Cl2FN5O3/c1-12-10-29(2)7-8-30(12)22-17-21(34-11-13-9-27-5-6-31(13)23(17)33)18(25)20(28-22)16-15(32)4-3-14(24)19(16)26/h3-4,12-13,27,32H,5-11H2,1-2H3/t12-,13+/m0/s1. The van der Waals surface area contributed by atoms with Crippen LogP contribution in [0.4, 0.5) is 10.2 Å². The van der Waals surface area contributed by atoms with E-state index in [1.54, 1.807) is 4.90 Å². The van der Waals surface area contributed by atoms with Crippen molar-refractivity contribution in [3.05, 3.63) is 33.6 Å². The second-order valence-corrected chi connectivity index (χ2v) is 9.81. The largest absolute Gasteiger partial charge is 0.507 e. The van der Waals surface area contributed by atoms with Gasteiger partial charge in [0.05, 0.1) is 16.6 Å². The van der Waals surface area contributed by atoms with Gasteiger partial charge >= 0.3 is 0 Å². The number of aromatic nitrogens is 1. The molecule has 2 N–H and O–H groups in total. The van der Waals surface area contributed by atoms with Crippen LogP contribution in [0.3, 0.4) is 0 Å². The fourth-order valence-corrected chi connectivity index (χ4v) is 5.40. The minimum Gasteiger partial charge on any atom is -0.507 e. The Morgan fingerprint density at radius 3 is 2.76 bits per heavy atom. The molecule has 34 heavy (non-hydrogen) atoms. The number of phenols is 1. The summed E-state index contributed by atoms with van der Waals surface area (Å²) in [6.07, 6.45) is 0. The van der Waals surface area contributed by atoms with Crippen molar-refractivity contribution in [2.24, 2.45) is 0 Å². The number of nitrogens with one attached hydrogen (secondary N) is 1. The highest BCUT2D eigenvalue weighted by atomic mass is 35.5. The van der Waals surface area contributed by atoms with Gasteiger partial charge in [0.15, 0.2) is 11.6 Å². The summed E-state index contributed by atoms with van der Waals surface area (Å²) >= 11 is 12.8. The Hall–Kier alpha value is -2.33. The molecule has 5 rings (SSSR count). The Kier molecular flexibility index (Phi) is 6.22. The number of halogens is 3. The fraction of sp³-hybridized carbons (Fsp3) is 0.478. The number of fused-ring (bicyclic) bond motifs is 2. The normalized spacial score (nSPS) is 23.3. The van der Waals surface area contributed by atoms with Crippen molar-refractivity contribution in [1.29, 1.82) is 0 Å². The Morgan fingerprint density at radius 2 is 2.00 bits per heavy atom. The van der Waals surface area contributed by atoms with Gasteiger partial charge < -0.3 is 29.9 Å². The molecule has 1 amide bonds. The Balaban J connectivity index is 1.75. The zero-order chi connectivity index (χ0) is 24.1. The van der Waals surface area contributed by atoms with E-state index < -0.39 is 5.82 Å². The summed E-state index contributed by atoms with van der Waals surface area (Å²) in [7, 11) is 2.04. The van der Waals surface area contributed by atoms with Gasteiger partial charge in [-0.15, -0.1) is 0 Å². The molecule has 0 bridgehead atoms. The van der Waals surface area contributed by atoms with Crippen molar-refractivity contribution < 1.29 is 19.0 Å². The quantitative estimate of drug-likeness (QED) is 0.644. The zero-order valence-corrected chi connectivity index (χ0v) is 20.5. The molecule has 2 fully saturated rings. The van der Waals surface area contributed by atoms with E-state index in [1.807, 2.05) is 18.9 Å². The number of aromatic hydroxyl groups is 1. The lowest BCUT2D eigenvalue weighted by Crippen LogP contribution is -2.55. The van der Waals surface area contributed by atoms with Gasteiger partial charge in [0.2, 0.25) is 0 Å². The number of piperazine rings is 2. The van der Waals surface area contributed by atoms with Gasteiger partial charge in [-0.05, 0) is 26.1 Å². The maximum absolute atomic E-state index is 15.1. The van der Waals surface area contributed by atoms with E-state index in [0.29, 0.717) is 32.0 Å². The van der Waals surface area contributed by atoms with Crippen LogP contribution in [0.15, 0.2) is 12.1 Å². The van der Waals surface area contributed by atoms with Gasteiger partial charge in [0, 0.05) is 45.3 Å². The average Bonchev–Trinajstić information content (AvgIpc) is 2.96. The molecule has 2 atom stereocenters. The highest BCUT2D eigenvalue weighted by Crippen LogP contribution is 2.47. The number of rotatable bonds is 2. The monoisotopic (exact) mass is 509 g/mol. The molecule has 3 aliphatic heterocycles. The minimum atomic E-state index is -0.838. The van der Waals surface area contributed by atoms with Crippen LogP contribution in [0.1, 0.15) is 17.3 Å². The maximum atomic E-state index is 15.1. The summed E-state index contributed by atoms with van der Waals surface area (Å²) in [5, 5.41) is 13.6. The lowest BCUT2D eigenvalue weighted by molar-refractivity contribution is 0.0606. The number of phenolic OH excluding ortho intramolecular Hbond substituents is 1. The number of hydrogen-bond acceptors (Lipinski definition) is 7. The first-order valence-electron chi connectivity index (χ1n) is 11.3. The number of hydrogen-bond donors (Lipinski definition) is 2. The number of benzene rings is 1. The van der Waals surface area contributed by atoms with Crippen LogP contribution in [-0.2, 0) is 0 Å². The molecule has 3 aliphatic rings. The predicted molar refractivity (Wildman–Crippen MR) is 129 cm³/mol. The van der Waals surface area contributed by atoms with Crippen molar-refractivity contribution in [2.75, 3.05) is 57.8 Å². The first kappa shape index (κ1) is 23.4. The predicted octanol–water partition coefficient (Wildman–Crippen LogP) is 2.85. The minimum absolute atomic E-state index is 0.00941. The second kappa shape index (κ2) is 9.03. The summed E-state index contributed by atoms with van der Waals surface area (Å²) in [4.78, 5) is 24.6. The molecule has 0 spiro atoms. The molecule has 0 saturated carbocycles. The molecule has 182 valence electrons. The number of likely N-dealkylation sites (N-methyl/N-ethyl adjacent to an activating group) is 1. The van der Waals surface area contributed by atoms with E-state index in [9.17, 15) is 9.90 Å². The molecular weight excluding hydrogens is 484 g/mol. The third kappa shape index (κ3) is 3.84. The van der Waals surface area contributed by atoms with E-state index in [1.165, 1.54) is 12.1 Å². The smallest absolute Gasteiger partial charge is 0.261 e. The molecule has 4 heterocycles. The number of ether oxygens (including phenoxy) is 1. The number of carbonyl (C=O) groups excluding carboxylic acids is 1. The van der Waals surface area contributed by atoms with E-state index in [-0.39, 0.29) is 63.0 Å². The summed E-state index contributed by atoms with van der Waals surface area (Å²) in [5.41, 5.74) is 0.0457. The number of anilines is 1. The molecule has 0 aliphatic carbocycles. The zero-order valence-electron chi connectivity index (χ0n) is 18.9. The van der Waals surface area contributed by atoms with E-state index in [0.717, 1.165) is 13.1 Å². The van der Waals surface area contributed by atoms with Gasteiger partial charge in [-0.1, -0.05) is 23.2 Å². The number of pyridine rings is 1. The van der Waals surface area contributed by atoms with Crippen LogP contribution in [0.5, 0.6) is 11.5 Å². The fourth-order valence-electron chi connectivity index (χ4n) is 4.95. The van der Waals surface area contributed by atoms with Crippen LogP contribution in [0.2, 0.25) is 10.0 Å². The first-order chi connectivity index (χ1) is 16.3. The van der Waals surface area contributed by atoms with Crippen LogP contribution in [0, 0.1) is 5.82 Å². The molecule has 8 nitrogen and oxygen atoms in total. The molecular formula is C23H26Cl2FN5O3. The van der Waals surface area contributed by atoms with Gasteiger partial charge in [-0.2, -0.15) is 0 Å². The summed E-state index contributed by atoms with van der Waals surface area (Å²) in [6, 6.07) is 2.42. The van der Waals surface area contributed by atoms with E-state index in [2.05, 4.69) is 10.2 Å². The third-order valence-electron chi connectivity index (χ3n) is 6.73. The third-order valence-corrected chi connectivity index (χ3v) is 7.38. The van der Waals surface area contributed by atoms with Crippen molar-refractivity contribution >= 4 is 34.9 Å². The van der Waals surface area contributed by atoms with Crippen LogP contribution in [0.25, 0.3) is 11.3 Å². The van der Waals surface area contributed by atoms with Crippen LogP contribution >= 0.6 is 23.2 Å². The SMILES string of the molecule is C[C@H]1CN(C)CCN1c1nc(-c2c(O)ccc(Cl)c2F)c(Cl)c2c1C(=O)N1CCNC[C@@H]1CO2. The highest BCUT2D eigenvalue weighted by molar-refractivity contribution is 6.36. The maximum Gasteiger partial charge on any atom is 0.261 e. The summed E-state index contributed by atoms with van der Waals surface area (Å²) in [5.74, 6) is -0.869. The first-order valence-corrected chi connectivity index (χ1v) is 12.0. The lowest BCUT2D eigenvalue weighted by atomic mass is 10.0. The summed E-state index contributed by atoms with van der Waals surface area (Å²) < 4.78 is 21.3. The van der Waals surface area contributed by atoms with Gasteiger partial charge in [-0.3, -0.25) is 4.79 Å². The van der Waals surface area contributed by atoms with E-state index in [4.69, 9.17) is 32.9 Å². The second-order valence-electron chi connectivity index (χ2n) is 9.03. The van der Waals surface area contributed by atoms with Crippen LogP contribution < -0.4 is 15.0 Å². The Bertz CT molecular complexity index is 1150. The number of amides is 1. The van der Waals surface area contributed by atoms with Crippen molar-refractivity contribution in [3.63, 3.8) is 0 Å². The molecule has 11 heteroatoms. The average molecular weight is 510 g/mol. The van der Waals surface area contributed by atoms with Crippen molar-refractivity contribution in [3.8, 4) is 22.8 Å². The number of nitrogens with zero attached hydrogens (tertiary/aromatic N) is 4. The molecule has 0 radical (unpaired) electrons. The van der Waals surface area contributed by atoms with Crippen molar-refractivity contribution in [1.82, 2.24) is 20.1 Å². The Labute approximate surface area is 207 Å². The topological polar surface area (TPSA) is 81.2 Å². The van der Waals surface area contributed by atoms with Crippen molar-refractivity contribution in [2.45, 2.75) is 19.0 Å². The highest BCUT2D eigenvalue weighted by Gasteiger charge is 2.40. The molecule has 2 aromatic rings. The number of carbonyl (C=O) groups is 1. The molecule has 0 unspecified atom stereocenters. The summed E-state index contributed by atoms with van der Waals surface area (Å²) in [6.45, 7) is 6.23. The van der Waals surface area contributed by atoms with Gasteiger partial charge in [0.1, 0.15) is 34.5 Å². The van der Waals surface area contributed by atoms with Gasteiger partial charge in [0.25, 0.3) is 5.91 Å². The molecule has 1 aromatic heterocycles. The molecule has 1 aromatic carbocycles.